The number of aromatic nitrogens is 2. The smallest absolute Gasteiger partial charge is 0.363 e. The number of thiophene rings is 1. The molecular weight excluding hydrogens is 564 g/mol. The molecule has 206 valence electrons. The van der Waals surface area contributed by atoms with Gasteiger partial charge in [0.15, 0.2) is 11.5 Å². The van der Waals surface area contributed by atoms with Gasteiger partial charge in [0.25, 0.3) is 17.7 Å². The van der Waals surface area contributed by atoms with Gasteiger partial charge in [-0.3, -0.25) is 19.0 Å². The zero-order valence-electron chi connectivity index (χ0n) is 21.0. The number of imidazole rings is 1. The number of phenolic OH excluding ortho intramolecular Hbond substituents is 1. The summed E-state index contributed by atoms with van der Waals surface area (Å²) in [7, 11) is 1.43. The molecule has 1 unspecified atom stereocenters. The molecule has 0 saturated carbocycles. The molecule has 0 radical (unpaired) electrons. The number of ether oxygens (including phenoxy) is 2. The van der Waals surface area contributed by atoms with E-state index in [1.54, 1.807) is 23.6 Å². The second-order valence-electron chi connectivity index (χ2n) is 8.73. The minimum absolute atomic E-state index is 0.0292. The Morgan fingerprint density at radius 2 is 1.85 bits per heavy atom. The Kier molecular flexibility index (Phi) is 7.08. The Morgan fingerprint density at radius 3 is 2.52 bits per heavy atom. The summed E-state index contributed by atoms with van der Waals surface area (Å²) in [5.41, 5.74) is 7.15. The number of hydrogen-bond acceptors (Lipinski definition) is 10. The highest BCUT2D eigenvalue weighted by molar-refractivity contribution is 7.16. The van der Waals surface area contributed by atoms with E-state index in [1.807, 2.05) is 0 Å². The Balaban J connectivity index is 1.43. The molecule has 14 heteroatoms. The lowest BCUT2D eigenvalue weighted by molar-refractivity contribution is -0.172. The van der Waals surface area contributed by atoms with Crippen molar-refractivity contribution in [3.8, 4) is 22.2 Å². The Hall–Kier alpha value is -4.62. The first kappa shape index (κ1) is 27.0. The zero-order chi connectivity index (χ0) is 28.7. The van der Waals surface area contributed by atoms with Gasteiger partial charge in [0.2, 0.25) is 0 Å². The van der Waals surface area contributed by atoms with Crippen molar-refractivity contribution in [3.05, 3.63) is 63.8 Å². The predicted octanol–water partition coefficient (Wildman–Crippen LogP) is 3.91. The van der Waals surface area contributed by atoms with E-state index in [4.69, 9.17) is 31.6 Å². The maximum absolute atomic E-state index is 12.6. The van der Waals surface area contributed by atoms with E-state index in [9.17, 15) is 24.3 Å². The molecule has 40 heavy (non-hydrogen) atoms. The number of hydrogen-bond donors (Lipinski definition) is 2. The Bertz CT molecular complexity index is 1680. The van der Waals surface area contributed by atoms with Crippen molar-refractivity contribution in [1.29, 1.82) is 0 Å². The SMILES string of the molecule is COc1cc2c(cc1O)ncn2-c1cc(OC(C)c2cc(C(=O)ON3C(=O)CCC3=O)ccc2Cl)c(C(N)=O)s1. The molecule has 3 heterocycles. The number of phenols is 1. The van der Waals surface area contributed by atoms with Crippen molar-refractivity contribution in [2.24, 2.45) is 5.73 Å². The Morgan fingerprint density at radius 1 is 1.12 bits per heavy atom. The number of amides is 3. The molecule has 12 nitrogen and oxygen atoms in total. The molecule has 2 aromatic heterocycles. The number of carbonyl (C=O) groups excluding carboxylic acids is 4. The minimum atomic E-state index is -0.919. The van der Waals surface area contributed by atoms with Gasteiger partial charge in [0.1, 0.15) is 28.1 Å². The standard InChI is InChI=1S/C26H21ClN4O8S/c1-12(14-7-13(3-4-15(14)27)26(36)39-31-21(33)5-6-22(31)34)38-20-10-23(40-24(20)25(28)35)30-11-29-16-8-18(32)19(37-2)9-17(16)30/h3-4,7-12,32H,5-6H2,1-2H3,(H2,28,35). The number of aromatic hydroxyl groups is 1. The van der Waals surface area contributed by atoms with Crippen LogP contribution in [0.3, 0.4) is 0 Å². The normalized spacial score (nSPS) is 14.0. The lowest BCUT2D eigenvalue weighted by Gasteiger charge is -2.18. The van der Waals surface area contributed by atoms with E-state index in [1.165, 1.54) is 37.7 Å². The molecular formula is C26H21ClN4O8S. The molecule has 1 aliphatic rings. The fourth-order valence-corrected chi connectivity index (χ4v) is 5.33. The van der Waals surface area contributed by atoms with Gasteiger partial charge in [-0.2, -0.15) is 0 Å². The van der Waals surface area contributed by atoms with E-state index in [0.29, 0.717) is 26.7 Å². The average Bonchev–Trinajstić information content (AvgIpc) is 3.61. The highest BCUT2D eigenvalue weighted by Crippen LogP contribution is 2.38. The quantitative estimate of drug-likeness (QED) is 0.292. The minimum Gasteiger partial charge on any atom is -0.504 e. The summed E-state index contributed by atoms with van der Waals surface area (Å²) in [5.74, 6) is -2.49. The molecule has 1 atom stereocenters. The third-order valence-corrected chi connectivity index (χ3v) is 7.62. The van der Waals surface area contributed by atoms with Gasteiger partial charge in [-0.05, 0) is 25.1 Å². The second kappa shape index (κ2) is 10.5. The number of imide groups is 1. The molecule has 3 amide bonds. The van der Waals surface area contributed by atoms with Crippen molar-refractivity contribution < 1.29 is 38.6 Å². The van der Waals surface area contributed by atoms with Gasteiger partial charge in [0, 0.05) is 41.6 Å². The molecule has 0 bridgehead atoms. The molecule has 5 rings (SSSR count). The number of halogens is 1. The van der Waals surface area contributed by atoms with Gasteiger partial charge in [0.05, 0.1) is 23.7 Å². The lowest BCUT2D eigenvalue weighted by atomic mass is 10.1. The topological polar surface area (TPSA) is 163 Å². The summed E-state index contributed by atoms with van der Waals surface area (Å²) < 4.78 is 13.0. The second-order valence-corrected chi connectivity index (χ2v) is 10.2. The molecule has 3 N–H and O–H groups in total. The van der Waals surface area contributed by atoms with Crippen LogP contribution < -0.4 is 15.2 Å². The summed E-state index contributed by atoms with van der Waals surface area (Å²) in [6.07, 6.45) is 0.694. The fourth-order valence-electron chi connectivity index (χ4n) is 4.13. The van der Waals surface area contributed by atoms with E-state index >= 15 is 0 Å². The van der Waals surface area contributed by atoms with Crippen molar-refractivity contribution in [2.75, 3.05) is 7.11 Å². The van der Waals surface area contributed by atoms with Crippen LogP contribution in [-0.4, -0.2) is 50.5 Å². The predicted molar refractivity (Wildman–Crippen MR) is 143 cm³/mol. The molecule has 2 aromatic carbocycles. The van der Waals surface area contributed by atoms with Crippen LogP contribution in [0, 0.1) is 0 Å². The van der Waals surface area contributed by atoms with Crippen molar-refractivity contribution >= 4 is 57.7 Å². The zero-order valence-corrected chi connectivity index (χ0v) is 22.6. The first-order valence-electron chi connectivity index (χ1n) is 11.8. The van der Waals surface area contributed by atoms with Crippen molar-refractivity contribution in [2.45, 2.75) is 25.9 Å². The summed E-state index contributed by atoms with van der Waals surface area (Å²) in [6, 6.07) is 8.94. The van der Waals surface area contributed by atoms with E-state index < -0.39 is 29.8 Å². The molecule has 1 fully saturated rings. The monoisotopic (exact) mass is 584 g/mol. The number of benzene rings is 2. The maximum Gasteiger partial charge on any atom is 0.363 e. The number of nitrogens with two attached hydrogens (primary N) is 1. The molecule has 1 aliphatic heterocycles. The van der Waals surface area contributed by atoms with E-state index in [2.05, 4.69) is 4.98 Å². The molecule has 0 spiro atoms. The molecule has 1 saturated heterocycles. The van der Waals surface area contributed by atoms with Gasteiger partial charge >= 0.3 is 5.97 Å². The summed E-state index contributed by atoms with van der Waals surface area (Å²) in [6.45, 7) is 1.66. The third-order valence-electron chi connectivity index (χ3n) is 6.15. The van der Waals surface area contributed by atoms with Crippen LogP contribution in [-0.2, 0) is 14.4 Å². The van der Waals surface area contributed by atoms with Crippen LogP contribution in [0.4, 0.5) is 0 Å². The van der Waals surface area contributed by atoms with Crippen LogP contribution >= 0.6 is 22.9 Å². The first-order chi connectivity index (χ1) is 19.1. The summed E-state index contributed by atoms with van der Waals surface area (Å²) in [5, 5.41) is 11.3. The number of primary amides is 1. The van der Waals surface area contributed by atoms with Crippen LogP contribution in [0.25, 0.3) is 16.0 Å². The fraction of sp³-hybridized carbons (Fsp3) is 0.192. The van der Waals surface area contributed by atoms with Crippen LogP contribution in [0.15, 0.2) is 42.7 Å². The lowest BCUT2D eigenvalue weighted by Crippen LogP contribution is -2.32. The maximum atomic E-state index is 12.6. The molecule has 4 aromatic rings. The number of fused-ring (bicyclic) bond motifs is 1. The number of hydroxylamine groups is 2. The number of methoxy groups -OCH3 is 1. The number of nitrogens with zero attached hydrogens (tertiary/aromatic N) is 3. The molecule has 0 aliphatic carbocycles. The van der Waals surface area contributed by atoms with Gasteiger partial charge < -0.3 is 25.2 Å². The van der Waals surface area contributed by atoms with Crippen LogP contribution in [0.2, 0.25) is 5.02 Å². The Labute approximate surface area is 235 Å². The number of carbonyl (C=O) groups is 4. The van der Waals surface area contributed by atoms with E-state index in [-0.39, 0.29) is 45.6 Å². The van der Waals surface area contributed by atoms with Crippen LogP contribution in [0.5, 0.6) is 17.2 Å². The summed E-state index contributed by atoms with van der Waals surface area (Å²) >= 11 is 7.46. The highest BCUT2D eigenvalue weighted by Gasteiger charge is 2.33. The first-order valence-corrected chi connectivity index (χ1v) is 13.0. The van der Waals surface area contributed by atoms with Crippen molar-refractivity contribution in [3.63, 3.8) is 0 Å². The largest absolute Gasteiger partial charge is 0.504 e. The third kappa shape index (κ3) is 4.92. The van der Waals surface area contributed by atoms with E-state index in [0.717, 1.165) is 11.3 Å². The van der Waals surface area contributed by atoms with Gasteiger partial charge in [-0.15, -0.1) is 16.4 Å². The van der Waals surface area contributed by atoms with Crippen LogP contribution in [0.1, 0.15) is 51.5 Å². The van der Waals surface area contributed by atoms with Gasteiger partial charge in [-0.25, -0.2) is 9.78 Å². The highest BCUT2D eigenvalue weighted by atomic mass is 35.5. The average molecular weight is 585 g/mol. The number of rotatable bonds is 8. The van der Waals surface area contributed by atoms with Crippen molar-refractivity contribution in [1.82, 2.24) is 14.6 Å². The summed E-state index contributed by atoms with van der Waals surface area (Å²) in [4.78, 5) is 58.0. The van der Waals surface area contributed by atoms with Gasteiger partial charge in [-0.1, -0.05) is 11.6 Å².